The van der Waals surface area contributed by atoms with E-state index in [0.29, 0.717) is 16.5 Å². The normalized spacial score (nSPS) is 11.6. The average molecular weight is 316 g/mol. The van der Waals surface area contributed by atoms with Gasteiger partial charge < -0.3 is 4.74 Å². The first-order valence-electron chi connectivity index (χ1n) is 6.97. The highest BCUT2D eigenvalue weighted by Crippen LogP contribution is 2.32. The van der Waals surface area contributed by atoms with Crippen LogP contribution in [0, 0.1) is 5.41 Å². The lowest BCUT2D eigenvalue weighted by molar-refractivity contribution is -0.142. The maximum Gasteiger partial charge on any atom is 0.316 e. The smallest absolute Gasteiger partial charge is 0.316 e. The van der Waals surface area contributed by atoms with Crippen LogP contribution < -0.4 is 4.74 Å². The van der Waals surface area contributed by atoms with E-state index in [1.165, 1.54) is 0 Å². The minimum Gasteiger partial charge on any atom is -0.424 e. The predicted octanol–water partition coefficient (Wildman–Crippen LogP) is 5.04. The topological polar surface area (TPSA) is 38.7 Å². The van der Waals surface area contributed by atoms with Crippen LogP contribution in [0.2, 0.25) is 5.02 Å². The molecule has 0 N–H and O–H groups in total. The Bertz CT molecular complexity index is 688. The molecule has 0 aromatic heterocycles. The van der Waals surface area contributed by atoms with Crippen molar-refractivity contribution < 1.29 is 9.53 Å². The van der Waals surface area contributed by atoms with Gasteiger partial charge in [0.05, 0.1) is 5.41 Å². The third-order valence-corrected chi connectivity index (χ3v) is 3.12. The van der Waals surface area contributed by atoms with Crippen LogP contribution in [0.25, 0.3) is 0 Å². The van der Waals surface area contributed by atoms with Gasteiger partial charge in [0.2, 0.25) is 0 Å². The lowest BCUT2D eigenvalue weighted by atomic mass is 9.97. The van der Waals surface area contributed by atoms with Crippen LogP contribution in [0.15, 0.2) is 53.5 Å². The third kappa shape index (κ3) is 4.43. The third-order valence-electron chi connectivity index (χ3n) is 2.89. The molecule has 0 bridgehead atoms. The van der Waals surface area contributed by atoms with Crippen molar-refractivity contribution >= 4 is 29.5 Å². The number of ether oxygens (including phenoxy) is 1. The molecule has 0 aliphatic rings. The Morgan fingerprint density at radius 3 is 2.45 bits per heavy atom. The fraction of sp³-hybridized carbons (Fsp3) is 0.222. The van der Waals surface area contributed by atoms with E-state index < -0.39 is 5.41 Å². The lowest BCUT2D eigenvalue weighted by Gasteiger charge is -2.17. The number of halogens is 1. The zero-order valence-electron chi connectivity index (χ0n) is 12.8. The molecule has 0 heterocycles. The zero-order chi connectivity index (χ0) is 16.2. The van der Waals surface area contributed by atoms with Gasteiger partial charge in [0, 0.05) is 17.3 Å². The van der Waals surface area contributed by atoms with Crippen LogP contribution in [-0.4, -0.2) is 12.2 Å². The van der Waals surface area contributed by atoms with Gasteiger partial charge in [-0.05, 0) is 38.5 Å². The van der Waals surface area contributed by atoms with Crippen molar-refractivity contribution in [2.75, 3.05) is 0 Å². The Hall–Kier alpha value is -2.13. The fourth-order valence-corrected chi connectivity index (χ4v) is 1.77. The van der Waals surface area contributed by atoms with E-state index in [1.54, 1.807) is 45.2 Å². The Morgan fingerprint density at radius 2 is 1.82 bits per heavy atom. The summed E-state index contributed by atoms with van der Waals surface area (Å²) in [6.07, 6.45) is 1.72. The van der Waals surface area contributed by atoms with E-state index >= 15 is 0 Å². The van der Waals surface area contributed by atoms with E-state index in [9.17, 15) is 4.79 Å². The van der Waals surface area contributed by atoms with Crippen LogP contribution in [0.1, 0.15) is 26.3 Å². The standard InChI is InChI=1S/C18H18ClNO2/c1-18(2,3)17(21)22-16-11-14(19)9-10-15(16)20-12-13-7-5-4-6-8-13/h4-12H,1-3H3. The number of benzene rings is 2. The number of nitrogens with zero attached hydrogens (tertiary/aromatic N) is 1. The van der Waals surface area contributed by atoms with Crippen LogP contribution in [-0.2, 0) is 4.79 Å². The number of esters is 1. The van der Waals surface area contributed by atoms with E-state index in [2.05, 4.69) is 4.99 Å². The van der Waals surface area contributed by atoms with Gasteiger partial charge >= 0.3 is 5.97 Å². The minimum atomic E-state index is -0.595. The molecule has 2 aromatic carbocycles. The number of hydrogen-bond donors (Lipinski definition) is 0. The maximum atomic E-state index is 12.1. The number of aliphatic imine (C=N–C) groups is 1. The van der Waals surface area contributed by atoms with Crippen molar-refractivity contribution in [2.45, 2.75) is 20.8 Å². The van der Waals surface area contributed by atoms with E-state index in [0.717, 1.165) is 5.56 Å². The summed E-state index contributed by atoms with van der Waals surface area (Å²) in [5.74, 6) is 0.0329. The summed E-state index contributed by atoms with van der Waals surface area (Å²) in [6.45, 7) is 5.40. The monoisotopic (exact) mass is 315 g/mol. The molecule has 0 radical (unpaired) electrons. The molecule has 0 spiro atoms. The molecule has 114 valence electrons. The van der Waals surface area contributed by atoms with Crippen LogP contribution in [0.3, 0.4) is 0 Å². The fourth-order valence-electron chi connectivity index (χ4n) is 1.61. The molecule has 0 saturated carbocycles. The molecule has 0 saturated heterocycles. The average Bonchev–Trinajstić information content (AvgIpc) is 2.46. The molecule has 0 fully saturated rings. The Kier molecular flexibility index (Phi) is 4.99. The van der Waals surface area contributed by atoms with Gasteiger partial charge in [-0.15, -0.1) is 0 Å². The first kappa shape index (κ1) is 16.2. The van der Waals surface area contributed by atoms with Crippen molar-refractivity contribution in [3.05, 3.63) is 59.1 Å². The molecule has 4 heteroatoms. The van der Waals surface area contributed by atoms with E-state index in [4.69, 9.17) is 16.3 Å². The Balaban J connectivity index is 2.28. The van der Waals surface area contributed by atoms with Crippen molar-refractivity contribution in [3.8, 4) is 5.75 Å². The predicted molar refractivity (Wildman–Crippen MR) is 90.2 cm³/mol. The van der Waals surface area contributed by atoms with Crippen LogP contribution in [0.5, 0.6) is 5.75 Å². The van der Waals surface area contributed by atoms with Crippen molar-refractivity contribution in [1.82, 2.24) is 0 Å². The summed E-state index contributed by atoms with van der Waals surface area (Å²) in [6, 6.07) is 14.7. The number of hydrogen-bond acceptors (Lipinski definition) is 3. The SMILES string of the molecule is CC(C)(C)C(=O)Oc1cc(Cl)ccc1N=Cc1ccccc1. The van der Waals surface area contributed by atoms with Crippen LogP contribution >= 0.6 is 11.6 Å². The molecule has 0 amide bonds. The second kappa shape index (κ2) is 6.75. The largest absolute Gasteiger partial charge is 0.424 e. The van der Waals surface area contributed by atoms with Crippen molar-refractivity contribution in [2.24, 2.45) is 10.4 Å². The first-order valence-corrected chi connectivity index (χ1v) is 7.35. The highest BCUT2D eigenvalue weighted by Gasteiger charge is 2.24. The molecule has 2 aromatic rings. The summed E-state index contributed by atoms with van der Waals surface area (Å²) in [7, 11) is 0. The summed E-state index contributed by atoms with van der Waals surface area (Å²) >= 11 is 5.99. The summed E-state index contributed by atoms with van der Waals surface area (Å²) in [5, 5.41) is 0.496. The molecule has 2 rings (SSSR count). The van der Waals surface area contributed by atoms with Gasteiger partial charge in [-0.25, -0.2) is 0 Å². The molecule has 3 nitrogen and oxygen atoms in total. The highest BCUT2D eigenvalue weighted by molar-refractivity contribution is 6.30. The second-order valence-corrected chi connectivity index (χ2v) is 6.36. The number of carbonyl (C=O) groups excluding carboxylic acids is 1. The molecule has 0 aliphatic heterocycles. The Labute approximate surface area is 135 Å². The summed E-state index contributed by atoms with van der Waals surface area (Å²) < 4.78 is 5.44. The molecule has 0 atom stereocenters. The van der Waals surface area contributed by atoms with Gasteiger partial charge in [-0.3, -0.25) is 9.79 Å². The summed E-state index contributed by atoms with van der Waals surface area (Å²) in [5.41, 5.74) is 0.930. The second-order valence-electron chi connectivity index (χ2n) is 5.92. The molecular weight excluding hydrogens is 298 g/mol. The van der Waals surface area contributed by atoms with Gasteiger partial charge in [0.1, 0.15) is 5.69 Å². The minimum absolute atomic E-state index is 0.328. The van der Waals surface area contributed by atoms with Crippen molar-refractivity contribution in [3.63, 3.8) is 0 Å². The molecule has 0 aliphatic carbocycles. The summed E-state index contributed by atoms with van der Waals surface area (Å²) in [4.78, 5) is 16.4. The quantitative estimate of drug-likeness (QED) is 0.452. The van der Waals surface area contributed by atoms with Crippen LogP contribution in [0.4, 0.5) is 5.69 Å². The first-order chi connectivity index (χ1) is 10.4. The van der Waals surface area contributed by atoms with Gasteiger partial charge in [-0.1, -0.05) is 41.9 Å². The van der Waals surface area contributed by atoms with E-state index in [-0.39, 0.29) is 5.97 Å². The van der Waals surface area contributed by atoms with E-state index in [1.807, 2.05) is 30.3 Å². The van der Waals surface area contributed by atoms with Crippen molar-refractivity contribution in [1.29, 1.82) is 0 Å². The number of rotatable bonds is 3. The zero-order valence-corrected chi connectivity index (χ0v) is 13.6. The van der Waals surface area contributed by atoms with Gasteiger partial charge in [0.15, 0.2) is 5.75 Å². The lowest BCUT2D eigenvalue weighted by Crippen LogP contribution is -2.25. The Morgan fingerprint density at radius 1 is 1.14 bits per heavy atom. The highest BCUT2D eigenvalue weighted by atomic mass is 35.5. The van der Waals surface area contributed by atoms with Gasteiger partial charge in [-0.2, -0.15) is 0 Å². The number of carbonyl (C=O) groups is 1. The molecular formula is C18H18ClNO2. The molecule has 22 heavy (non-hydrogen) atoms. The maximum absolute atomic E-state index is 12.1. The molecule has 0 unspecified atom stereocenters. The van der Waals surface area contributed by atoms with Gasteiger partial charge in [0.25, 0.3) is 0 Å².